The van der Waals surface area contributed by atoms with Gasteiger partial charge >= 0.3 is 0 Å². The largest absolute Gasteiger partial charge is 0.372 e. The van der Waals surface area contributed by atoms with Gasteiger partial charge in [0.15, 0.2) is 0 Å². The third-order valence-electron chi connectivity index (χ3n) is 6.01. The second kappa shape index (κ2) is 10.2. The number of nitrogens with one attached hydrogen (secondary N) is 1. The molecule has 1 N–H and O–H groups in total. The van der Waals surface area contributed by atoms with Crippen molar-refractivity contribution in [3.05, 3.63) is 59.1 Å². The lowest BCUT2D eigenvalue weighted by Crippen LogP contribution is -2.50. The number of carbonyl (C=O) groups is 2. The Morgan fingerprint density at radius 1 is 0.871 bits per heavy atom. The minimum absolute atomic E-state index is 0.0234. The first kappa shape index (κ1) is 21.7. The summed E-state index contributed by atoms with van der Waals surface area (Å²) in [5, 5.41) is 3.61. The molecule has 4 rings (SSSR count). The number of amides is 2. The Labute approximate surface area is 188 Å². The van der Waals surface area contributed by atoms with Gasteiger partial charge < -0.3 is 15.1 Å². The number of anilines is 2. The Morgan fingerprint density at radius 2 is 1.55 bits per heavy atom. The Hall–Kier alpha value is -2.57. The van der Waals surface area contributed by atoms with Gasteiger partial charge in [-0.25, -0.2) is 0 Å². The topological polar surface area (TPSA) is 55.9 Å². The number of benzene rings is 2. The van der Waals surface area contributed by atoms with E-state index in [4.69, 9.17) is 11.6 Å². The van der Waals surface area contributed by atoms with E-state index in [-0.39, 0.29) is 11.8 Å². The Morgan fingerprint density at radius 3 is 2.23 bits per heavy atom. The molecule has 6 nitrogen and oxygen atoms in total. The Balaban J connectivity index is 1.21. The van der Waals surface area contributed by atoms with Crippen LogP contribution in [0.5, 0.6) is 0 Å². The third kappa shape index (κ3) is 5.77. The number of halogens is 1. The second-order valence-electron chi connectivity index (χ2n) is 8.21. The van der Waals surface area contributed by atoms with Gasteiger partial charge in [-0.1, -0.05) is 29.8 Å². The molecule has 0 aliphatic carbocycles. The van der Waals surface area contributed by atoms with E-state index in [2.05, 4.69) is 27.2 Å². The van der Waals surface area contributed by atoms with Gasteiger partial charge in [0.2, 0.25) is 11.8 Å². The summed E-state index contributed by atoms with van der Waals surface area (Å²) in [6, 6.07) is 15.5. The monoisotopic (exact) mass is 440 g/mol. The fourth-order valence-electron chi connectivity index (χ4n) is 4.21. The normalized spacial score (nSPS) is 17.1. The fraction of sp³-hybridized carbons (Fsp3) is 0.417. The van der Waals surface area contributed by atoms with E-state index in [0.717, 1.165) is 24.3 Å². The molecule has 164 valence electrons. The summed E-state index contributed by atoms with van der Waals surface area (Å²) >= 11 is 6.17. The molecule has 2 saturated heterocycles. The van der Waals surface area contributed by atoms with Gasteiger partial charge in [-0.3, -0.25) is 14.5 Å². The van der Waals surface area contributed by atoms with Crippen LogP contribution in [0.1, 0.15) is 18.4 Å². The fourth-order valence-corrected chi connectivity index (χ4v) is 4.41. The minimum Gasteiger partial charge on any atom is -0.372 e. The van der Waals surface area contributed by atoms with Gasteiger partial charge in [0, 0.05) is 55.7 Å². The molecular weight excluding hydrogens is 412 g/mol. The molecule has 0 radical (unpaired) electrons. The highest BCUT2D eigenvalue weighted by Crippen LogP contribution is 2.22. The summed E-state index contributed by atoms with van der Waals surface area (Å²) in [6.07, 6.45) is 2.81. The molecule has 2 fully saturated rings. The van der Waals surface area contributed by atoms with E-state index in [1.807, 2.05) is 35.2 Å². The maximum absolute atomic E-state index is 12.6. The van der Waals surface area contributed by atoms with Gasteiger partial charge in [0.25, 0.3) is 0 Å². The summed E-state index contributed by atoms with van der Waals surface area (Å²) in [4.78, 5) is 31.4. The van der Waals surface area contributed by atoms with Crippen LogP contribution < -0.4 is 10.2 Å². The lowest BCUT2D eigenvalue weighted by atomic mass is 10.1. The first-order valence-electron chi connectivity index (χ1n) is 11.0. The molecule has 0 bridgehead atoms. The van der Waals surface area contributed by atoms with E-state index < -0.39 is 0 Å². The number of rotatable bonds is 6. The summed E-state index contributed by atoms with van der Waals surface area (Å²) in [6.45, 7) is 5.19. The molecule has 7 heteroatoms. The van der Waals surface area contributed by atoms with Gasteiger partial charge in [-0.15, -0.1) is 0 Å². The van der Waals surface area contributed by atoms with Crippen molar-refractivity contribution < 1.29 is 9.59 Å². The molecule has 0 atom stereocenters. The van der Waals surface area contributed by atoms with Gasteiger partial charge in [-0.2, -0.15) is 0 Å². The minimum atomic E-state index is -0.0234. The molecule has 2 heterocycles. The molecule has 0 unspecified atom stereocenters. The summed E-state index contributed by atoms with van der Waals surface area (Å²) < 4.78 is 0. The van der Waals surface area contributed by atoms with E-state index in [1.54, 1.807) is 6.07 Å². The van der Waals surface area contributed by atoms with Gasteiger partial charge in [0.1, 0.15) is 0 Å². The average molecular weight is 441 g/mol. The van der Waals surface area contributed by atoms with Crippen LogP contribution in [0, 0.1) is 0 Å². The SMILES string of the molecule is O=C(CN1CCN(C(=O)Cc2ccccc2Cl)CC1)Nc1ccc(N2CCCC2)cc1. The molecule has 2 aromatic rings. The predicted molar refractivity (Wildman–Crippen MR) is 125 cm³/mol. The van der Waals surface area contributed by atoms with Crippen molar-refractivity contribution in [3.8, 4) is 0 Å². The number of carbonyl (C=O) groups excluding carboxylic acids is 2. The van der Waals surface area contributed by atoms with Crippen molar-refractivity contribution in [2.24, 2.45) is 0 Å². The Bertz CT molecular complexity index is 904. The lowest BCUT2D eigenvalue weighted by Gasteiger charge is -2.34. The van der Waals surface area contributed by atoms with Gasteiger partial charge in [-0.05, 0) is 48.7 Å². The number of hydrogen-bond donors (Lipinski definition) is 1. The van der Waals surface area contributed by atoms with Crippen molar-refractivity contribution in [1.29, 1.82) is 0 Å². The standard InChI is InChI=1S/C24H29ClN4O2/c25-22-6-2-1-5-19(22)17-24(31)29-15-13-27(14-16-29)18-23(30)26-20-7-9-21(10-8-20)28-11-3-4-12-28/h1-2,5-10H,3-4,11-18H2,(H,26,30). The van der Waals surface area contributed by atoms with Crippen molar-refractivity contribution in [2.75, 3.05) is 56.0 Å². The van der Waals surface area contributed by atoms with E-state index in [9.17, 15) is 9.59 Å². The lowest BCUT2D eigenvalue weighted by molar-refractivity contribution is -0.132. The molecular formula is C24H29ClN4O2. The van der Waals surface area contributed by atoms with E-state index >= 15 is 0 Å². The van der Waals surface area contributed by atoms with Crippen LogP contribution in [0.3, 0.4) is 0 Å². The van der Waals surface area contributed by atoms with Crippen LogP contribution in [-0.2, 0) is 16.0 Å². The third-order valence-corrected chi connectivity index (χ3v) is 6.38. The summed E-state index contributed by atoms with van der Waals surface area (Å²) in [5.41, 5.74) is 2.89. The zero-order chi connectivity index (χ0) is 21.6. The molecule has 0 spiro atoms. The number of piperazine rings is 1. The van der Waals surface area contributed by atoms with Crippen molar-refractivity contribution in [1.82, 2.24) is 9.80 Å². The molecule has 0 saturated carbocycles. The van der Waals surface area contributed by atoms with E-state index in [0.29, 0.717) is 44.2 Å². The first-order valence-corrected chi connectivity index (χ1v) is 11.3. The van der Waals surface area contributed by atoms with Crippen LogP contribution in [0.4, 0.5) is 11.4 Å². The summed E-state index contributed by atoms with van der Waals surface area (Å²) in [7, 11) is 0. The van der Waals surface area contributed by atoms with Crippen LogP contribution in [0.25, 0.3) is 0 Å². The second-order valence-corrected chi connectivity index (χ2v) is 8.62. The van der Waals surface area contributed by atoms with Gasteiger partial charge in [0.05, 0.1) is 13.0 Å². The quantitative estimate of drug-likeness (QED) is 0.749. The number of nitrogens with zero attached hydrogens (tertiary/aromatic N) is 3. The predicted octanol–water partition coefficient (Wildman–Crippen LogP) is 3.27. The van der Waals surface area contributed by atoms with Crippen molar-refractivity contribution in [2.45, 2.75) is 19.3 Å². The zero-order valence-corrected chi connectivity index (χ0v) is 18.5. The van der Waals surface area contributed by atoms with Crippen LogP contribution in [0.15, 0.2) is 48.5 Å². The molecule has 2 aliphatic heterocycles. The van der Waals surface area contributed by atoms with Crippen LogP contribution >= 0.6 is 11.6 Å². The maximum atomic E-state index is 12.6. The highest BCUT2D eigenvalue weighted by Gasteiger charge is 2.23. The molecule has 2 aliphatic rings. The van der Waals surface area contributed by atoms with Crippen LogP contribution in [-0.4, -0.2) is 67.4 Å². The number of hydrogen-bond acceptors (Lipinski definition) is 4. The molecule has 2 aromatic carbocycles. The first-order chi connectivity index (χ1) is 15.1. The van der Waals surface area contributed by atoms with Crippen molar-refractivity contribution >= 4 is 34.8 Å². The Kier molecular flexibility index (Phi) is 7.10. The average Bonchev–Trinajstić information content (AvgIpc) is 3.31. The molecule has 2 amide bonds. The molecule has 31 heavy (non-hydrogen) atoms. The van der Waals surface area contributed by atoms with Crippen molar-refractivity contribution in [3.63, 3.8) is 0 Å². The summed E-state index contributed by atoms with van der Waals surface area (Å²) in [5.74, 6) is 0.0556. The zero-order valence-electron chi connectivity index (χ0n) is 17.7. The highest BCUT2D eigenvalue weighted by molar-refractivity contribution is 6.31. The van der Waals surface area contributed by atoms with E-state index in [1.165, 1.54) is 18.5 Å². The smallest absolute Gasteiger partial charge is 0.238 e. The molecule has 0 aromatic heterocycles. The highest BCUT2D eigenvalue weighted by atomic mass is 35.5. The maximum Gasteiger partial charge on any atom is 0.238 e. The van der Waals surface area contributed by atoms with Crippen LogP contribution in [0.2, 0.25) is 5.02 Å².